The second-order valence-electron chi connectivity index (χ2n) is 6.15. The van der Waals surface area contributed by atoms with Gasteiger partial charge in [-0.15, -0.1) is 0 Å². The molecule has 5 nitrogen and oxygen atoms in total. The molecular weight excluding hydrogens is 286 g/mol. The highest BCUT2D eigenvalue weighted by atomic mass is 15.3. The Hall–Kier alpha value is -2.30. The Morgan fingerprint density at radius 1 is 1.17 bits per heavy atom. The van der Waals surface area contributed by atoms with E-state index in [2.05, 4.69) is 27.5 Å². The van der Waals surface area contributed by atoms with Crippen molar-refractivity contribution in [2.24, 2.45) is 10.7 Å². The molecule has 0 bridgehead atoms. The number of benzene rings is 1. The first-order chi connectivity index (χ1) is 11.3. The monoisotopic (exact) mass is 311 g/mol. The van der Waals surface area contributed by atoms with Crippen molar-refractivity contribution in [2.75, 3.05) is 0 Å². The molecule has 0 saturated heterocycles. The number of hydrogen-bond donors (Lipinski definition) is 2. The van der Waals surface area contributed by atoms with Crippen LogP contribution in [0.25, 0.3) is 5.69 Å². The number of aromatic nitrogens is 2. The zero-order valence-electron chi connectivity index (χ0n) is 13.5. The molecule has 1 fully saturated rings. The molecule has 1 aromatic carbocycles. The van der Waals surface area contributed by atoms with Crippen molar-refractivity contribution in [2.45, 2.75) is 51.1 Å². The first kappa shape index (κ1) is 15.6. The molecule has 0 amide bonds. The first-order valence-corrected chi connectivity index (χ1v) is 8.47. The predicted octanol–water partition coefficient (Wildman–Crippen LogP) is 3.00. The Bertz CT molecular complexity index is 607. The summed E-state index contributed by atoms with van der Waals surface area (Å²) in [7, 11) is 0. The largest absolute Gasteiger partial charge is 0.370 e. The van der Waals surface area contributed by atoms with E-state index in [4.69, 9.17) is 5.73 Å². The lowest BCUT2D eigenvalue weighted by Crippen LogP contribution is -2.39. The van der Waals surface area contributed by atoms with Gasteiger partial charge in [0, 0.05) is 18.4 Å². The van der Waals surface area contributed by atoms with Gasteiger partial charge in [0.1, 0.15) is 0 Å². The van der Waals surface area contributed by atoms with Crippen LogP contribution >= 0.6 is 0 Å². The van der Waals surface area contributed by atoms with Crippen LogP contribution in [0.3, 0.4) is 0 Å². The van der Waals surface area contributed by atoms with Crippen LogP contribution in [-0.2, 0) is 6.54 Å². The van der Waals surface area contributed by atoms with E-state index < -0.39 is 0 Å². The summed E-state index contributed by atoms with van der Waals surface area (Å²) >= 11 is 0. The van der Waals surface area contributed by atoms with Crippen LogP contribution in [-0.4, -0.2) is 21.8 Å². The zero-order chi connectivity index (χ0) is 15.9. The average molecular weight is 311 g/mol. The Balaban J connectivity index is 1.54. The molecule has 122 valence electrons. The highest BCUT2D eigenvalue weighted by Gasteiger charge is 2.12. The van der Waals surface area contributed by atoms with Gasteiger partial charge in [0.15, 0.2) is 5.96 Å². The third-order valence-electron chi connectivity index (χ3n) is 4.34. The molecule has 23 heavy (non-hydrogen) atoms. The van der Waals surface area contributed by atoms with Gasteiger partial charge in [-0.05, 0) is 36.6 Å². The van der Waals surface area contributed by atoms with E-state index in [-0.39, 0.29) is 0 Å². The quantitative estimate of drug-likeness (QED) is 0.518. The third-order valence-corrected chi connectivity index (χ3v) is 4.34. The number of aliphatic imine (C=N–C) groups is 1. The molecule has 1 aliphatic rings. The molecule has 1 saturated carbocycles. The summed E-state index contributed by atoms with van der Waals surface area (Å²) < 4.78 is 1.84. The van der Waals surface area contributed by atoms with Gasteiger partial charge in [0.2, 0.25) is 0 Å². The summed E-state index contributed by atoms with van der Waals surface area (Å²) in [6.07, 6.45) is 11.4. The molecule has 3 rings (SSSR count). The predicted molar refractivity (Wildman–Crippen MR) is 93.5 cm³/mol. The number of hydrogen-bond acceptors (Lipinski definition) is 2. The minimum Gasteiger partial charge on any atom is -0.370 e. The highest BCUT2D eigenvalue weighted by molar-refractivity contribution is 5.78. The lowest BCUT2D eigenvalue weighted by atomic mass is 10.1. The lowest BCUT2D eigenvalue weighted by Gasteiger charge is -2.16. The van der Waals surface area contributed by atoms with E-state index in [0.717, 1.165) is 11.3 Å². The molecule has 5 heteroatoms. The maximum atomic E-state index is 6.04. The van der Waals surface area contributed by atoms with E-state index in [1.54, 1.807) is 6.20 Å². The summed E-state index contributed by atoms with van der Waals surface area (Å²) in [6.45, 7) is 0.602. The van der Waals surface area contributed by atoms with Crippen molar-refractivity contribution in [3.8, 4) is 5.69 Å². The van der Waals surface area contributed by atoms with Crippen LogP contribution in [0.1, 0.15) is 44.1 Å². The maximum absolute atomic E-state index is 6.04. The molecule has 2 aromatic rings. The van der Waals surface area contributed by atoms with Gasteiger partial charge in [-0.25, -0.2) is 9.67 Å². The molecule has 0 spiro atoms. The van der Waals surface area contributed by atoms with E-state index in [1.165, 1.54) is 38.5 Å². The topological polar surface area (TPSA) is 68.2 Å². The number of rotatable bonds is 4. The molecular formula is C18H25N5. The van der Waals surface area contributed by atoms with Gasteiger partial charge >= 0.3 is 0 Å². The van der Waals surface area contributed by atoms with E-state index in [9.17, 15) is 0 Å². The van der Waals surface area contributed by atoms with E-state index in [1.807, 2.05) is 29.1 Å². The number of nitrogens with zero attached hydrogens (tertiary/aromatic N) is 3. The smallest absolute Gasteiger partial charge is 0.189 e. The molecule has 1 aromatic heterocycles. The Kier molecular flexibility index (Phi) is 5.29. The third kappa shape index (κ3) is 4.58. The van der Waals surface area contributed by atoms with Gasteiger partial charge in [-0.1, -0.05) is 37.8 Å². The fourth-order valence-corrected chi connectivity index (χ4v) is 3.03. The molecule has 3 N–H and O–H groups in total. The summed E-state index contributed by atoms with van der Waals surface area (Å²) in [6, 6.07) is 10.6. The van der Waals surface area contributed by atoms with E-state index >= 15 is 0 Å². The minimum atomic E-state index is 0.489. The van der Waals surface area contributed by atoms with Crippen LogP contribution < -0.4 is 11.1 Å². The standard InChI is InChI=1S/C18H25N5/c19-18(22-16-6-3-1-2-4-7-16)20-14-15-8-10-17(11-9-15)23-13-5-12-21-23/h5,8-13,16H,1-4,6-7,14H2,(H3,19,20,22). The van der Waals surface area contributed by atoms with Crippen LogP contribution in [0.5, 0.6) is 0 Å². The van der Waals surface area contributed by atoms with E-state index in [0.29, 0.717) is 18.5 Å². The second kappa shape index (κ2) is 7.81. The Morgan fingerprint density at radius 3 is 2.57 bits per heavy atom. The summed E-state index contributed by atoms with van der Waals surface area (Å²) in [5.74, 6) is 0.563. The molecule has 0 unspecified atom stereocenters. The van der Waals surface area contributed by atoms with Gasteiger partial charge < -0.3 is 11.1 Å². The van der Waals surface area contributed by atoms with Gasteiger partial charge in [0.05, 0.1) is 12.2 Å². The molecule has 0 radical (unpaired) electrons. The summed E-state index contributed by atoms with van der Waals surface area (Å²) in [5.41, 5.74) is 8.23. The van der Waals surface area contributed by atoms with Crippen LogP contribution in [0.15, 0.2) is 47.7 Å². The van der Waals surface area contributed by atoms with Crippen molar-refractivity contribution < 1.29 is 0 Å². The molecule has 1 heterocycles. The van der Waals surface area contributed by atoms with Gasteiger partial charge in [0.25, 0.3) is 0 Å². The maximum Gasteiger partial charge on any atom is 0.189 e. The van der Waals surface area contributed by atoms with Crippen LogP contribution in [0, 0.1) is 0 Å². The number of nitrogens with one attached hydrogen (secondary N) is 1. The van der Waals surface area contributed by atoms with Gasteiger partial charge in [-0.3, -0.25) is 0 Å². The van der Waals surface area contributed by atoms with Crippen molar-refractivity contribution in [1.82, 2.24) is 15.1 Å². The number of nitrogens with two attached hydrogens (primary N) is 1. The SMILES string of the molecule is NC(=NCc1ccc(-n2cccn2)cc1)NC1CCCCCC1. The fraction of sp³-hybridized carbons (Fsp3) is 0.444. The Morgan fingerprint density at radius 2 is 1.91 bits per heavy atom. The van der Waals surface area contributed by atoms with Gasteiger partial charge in [-0.2, -0.15) is 5.10 Å². The average Bonchev–Trinajstić information content (AvgIpc) is 2.99. The van der Waals surface area contributed by atoms with Crippen LogP contribution in [0.2, 0.25) is 0 Å². The highest BCUT2D eigenvalue weighted by Crippen LogP contribution is 2.17. The minimum absolute atomic E-state index is 0.489. The lowest BCUT2D eigenvalue weighted by molar-refractivity contribution is 0.530. The molecule has 0 atom stereocenters. The Labute approximate surface area is 137 Å². The zero-order valence-corrected chi connectivity index (χ0v) is 13.5. The normalized spacial score (nSPS) is 17.0. The molecule has 1 aliphatic carbocycles. The molecule has 0 aliphatic heterocycles. The van der Waals surface area contributed by atoms with Crippen molar-refractivity contribution in [3.63, 3.8) is 0 Å². The van der Waals surface area contributed by atoms with Crippen molar-refractivity contribution in [3.05, 3.63) is 48.3 Å². The summed E-state index contributed by atoms with van der Waals surface area (Å²) in [5, 5.41) is 7.60. The van der Waals surface area contributed by atoms with Crippen molar-refractivity contribution in [1.29, 1.82) is 0 Å². The fourth-order valence-electron chi connectivity index (χ4n) is 3.03. The second-order valence-corrected chi connectivity index (χ2v) is 6.15. The first-order valence-electron chi connectivity index (χ1n) is 8.47. The van der Waals surface area contributed by atoms with Crippen molar-refractivity contribution >= 4 is 5.96 Å². The number of guanidine groups is 1. The van der Waals surface area contributed by atoms with Crippen LogP contribution in [0.4, 0.5) is 0 Å². The summed E-state index contributed by atoms with van der Waals surface area (Å²) in [4.78, 5) is 4.47.